The minimum Gasteiger partial charge on any atom is -0.296 e. The fourth-order valence-corrected chi connectivity index (χ4v) is 3.99. The third kappa shape index (κ3) is 1.89. The van der Waals surface area contributed by atoms with Gasteiger partial charge in [-0.2, -0.15) is 0 Å². The number of hydrogen-bond donors (Lipinski definition) is 0. The number of carbonyl (C=O) groups is 1. The van der Waals surface area contributed by atoms with Gasteiger partial charge in [0.15, 0.2) is 0 Å². The zero-order chi connectivity index (χ0) is 12.5. The number of hydrogen-bond acceptors (Lipinski definition) is 3. The van der Waals surface area contributed by atoms with Gasteiger partial charge in [0.2, 0.25) is 5.91 Å². The van der Waals surface area contributed by atoms with E-state index in [2.05, 4.69) is 0 Å². The molecule has 1 aliphatic rings. The topological polar surface area (TPSA) is 20.3 Å². The van der Waals surface area contributed by atoms with Crippen LogP contribution in [0.3, 0.4) is 0 Å². The highest BCUT2D eigenvalue weighted by Gasteiger charge is 2.49. The van der Waals surface area contributed by atoms with Crippen LogP contribution in [0, 0.1) is 0 Å². The van der Waals surface area contributed by atoms with E-state index >= 15 is 0 Å². The number of thiocarbonyl (C=S) groups is 1. The van der Waals surface area contributed by atoms with E-state index in [9.17, 15) is 4.79 Å². The van der Waals surface area contributed by atoms with Crippen LogP contribution in [0.1, 0.15) is 25.8 Å². The third-order valence-corrected chi connectivity index (χ3v) is 5.04. The maximum atomic E-state index is 12.5. The van der Waals surface area contributed by atoms with Crippen molar-refractivity contribution in [3.63, 3.8) is 0 Å². The number of amides is 1. The van der Waals surface area contributed by atoms with Crippen LogP contribution in [0.2, 0.25) is 0 Å². The average molecular weight is 265 g/mol. The minimum atomic E-state index is -0.506. The van der Waals surface area contributed by atoms with Crippen LogP contribution in [0.15, 0.2) is 30.3 Å². The molecule has 0 saturated carbocycles. The molecule has 1 unspecified atom stereocenters. The molecule has 1 atom stereocenters. The molecule has 17 heavy (non-hydrogen) atoms. The summed E-state index contributed by atoms with van der Waals surface area (Å²) in [7, 11) is 0. The summed E-state index contributed by atoms with van der Waals surface area (Å²) in [6.45, 7) is 4.65. The summed E-state index contributed by atoms with van der Waals surface area (Å²) in [5.41, 5.74) is 1.05. The van der Waals surface area contributed by atoms with Gasteiger partial charge in [0.25, 0.3) is 0 Å². The van der Waals surface area contributed by atoms with Gasteiger partial charge in [-0.25, -0.2) is 0 Å². The van der Waals surface area contributed by atoms with Gasteiger partial charge in [-0.05, 0) is 18.9 Å². The zero-order valence-electron chi connectivity index (χ0n) is 9.97. The summed E-state index contributed by atoms with van der Waals surface area (Å²) >= 11 is 6.81. The number of likely N-dealkylation sites (N-methyl/N-ethyl adjacent to an activating group) is 1. The molecule has 1 aromatic rings. The molecule has 0 bridgehead atoms. The molecule has 0 aromatic heterocycles. The predicted octanol–water partition coefficient (Wildman–Crippen LogP) is 3.17. The second kappa shape index (κ2) is 4.78. The molecular formula is C13H15NOS2. The predicted molar refractivity (Wildman–Crippen MR) is 76.0 cm³/mol. The van der Waals surface area contributed by atoms with Crippen LogP contribution >= 0.6 is 24.0 Å². The van der Waals surface area contributed by atoms with Crippen LogP contribution in [0.5, 0.6) is 0 Å². The number of carbonyl (C=O) groups excluding carboxylic acids is 1. The van der Waals surface area contributed by atoms with Crippen molar-refractivity contribution in [1.82, 2.24) is 4.90 Å². The first-order valence-corrected chi connectivity index (χ1v) is 6.98. The Balaban J connectivity index is 2.47. The van der Waals surface area contributed by atoms with Crippen molar-refractivity contribution in [2.24, 2.45) is 0 Å². The Morgan fingerprint density at radius 3 is 2.41 bits per heavy atom. The van der Waals surface area contributed by atoms with Gasteiger partial charge in [-0.3, -0.25) is 9.69 Å². The fraction of sp³-hybridized carbons (Fsp3) is 0.385. The molecule has 2 nitrogen and oxygen atoms in total. The monoisotopic (exact) mass is 265 g/mol. The summed E-state index contributed by atoms with van der Waals surface area (Å²) in [6, 6.07) is 9.93. The average Bonchev–Trinajstić information content (AvgIpc) is 2.62. The molecule has 0 radical (unpaired) electrons. The normalized spacial score (nSPS) is 24.5. The third-order valence-electron chi connectivity index (χ3n) is 3.13. The van der Waals surface area contributed by atoms with E-state index in [4.69, 9.17) is 12.2 Å². The molecule has 1 aromatic carbocycles. The van der Waals surface area contributed by atoms with Gasteiger partial charge in [-0.15, -0.1) is 0 Å². The maximum absolute atomic E-state index is 12.5. The van der Waals surface area contributed by atoms with Crippen molar-refractivity contribution in [2.75, 3.05) is 6.54 Å². The molecule has 1 amide bonds. The summed E-state index contributed by atoms with van der Waals surface area (Å²) < 4.78 is 0.192. The van der Waals surface area contributed by atoms with E-state index in [0.29, 0.717) is 10.9 Å². The Morgan fingerprint density at radius 1 is 1.29 bits per heavy atom. The van der Waals surface area contributed by atoms with Crippen molar-refractivity contribution >= 4 is 34.2 Å². The summed E-state index contributed by atoms with van der Waals surface area (Å²) in [6.07, 6.45) is 0.761. The molecule has 1 fully saturated rings. The van der Waals surface area contributed by atoms with Crippen molar-refractivity contribution in [3.05, 3.63) is 35.9 Å². The van der Waals surface area contributed by atoms with Crippen LogP contribution in [-0.4, -0.2) is 21.7 Å². The van der Waals surface area contributed by atoms with Crippen molar-refractivity contribution in [2.45, 2.75) is 25.0 Å². The minimum absolute atomic E-state index is 0.128. The zero-order valence-corrected chi connectivity index (χ0v) is 11.6. The first-order chi connectivity index (χ1) is 8.15. The molecule has 1 aliphatic heterocycles. The smallest absolute Gasteiger partial charge is 0.249 e. The van der Waals surface area contributed by atoms with Gasteiger partial charge in [0, 0.05) is 6.54 Å². The van der Waals surface area contributed by atoms with Gasteiger partial charge < -0.3 is 0 Å². The van der Waals surface area contributed by atoms with E-state index in [1.54, 1.807) is 4.90 Å². The SMILES string of the molecule is CCN1C(=O)C(CC)(c2ccccc2)SC1=S. The maximum Gasteiger partial charge on any atom is 0.249 e. The molecule has 4 heteroatoms. The fourth-order valence-electron chi connectivity index (χ4n) is 2.14. The highest BCUT2D eigenvalue weighted by molar-refractivity contribution is 8.24. The Morgan fingerprint density at radius 2 is 1.94 bits per heavy atom. The molecule has 0 N–H and O–H groups in total. The standard InChI is InChI=1S/C13H15NOS2/c1-3-13(10-8-6-5-7-9-10)11(15)14(4-2)12(16)17-13/h5-9H,3-4H2,1-2H3. The van der Waals surface area contributed by atoms with E-state index in [-0.39, 0.29) is 5.91 Å². The number of thioether (sulfide) groups is 1. The van der Waals surface area contributed by atoms with Crippen molar-refractivity contribution < 1.29 is 4.79 Å². The molecular weight excluding hydrogens is 250 g/mol. The largest absolute Gasteiger partial charge is 0.296 e. The lowest BCUT2D eigenvalue weighted by Crippen LogP contribution is -2.37. The van der Waals surface area contributed by atoms with Crippen LogP contribution in [0.4, 0.5) is 0 Å². The van der Waals surface area contributed by atoms with E-state index in [1.165, 1.54) is 11.8 Å². The van der Waals surface area contributed by atoms with Crippen LogP contribution in [0.25, 0.3) is 0 Å². The lowest BCUT2D eigenvalue weighted by atomic mass is 9.94. The highest BCUT2D eigenvalue weighted by Crippen LogP contribution is 2.47. The second-order valence-electron chi connectivity index (χ2n) is 3.96. The first-order valence-electron chi connectivity index (χ1n) is 5.76. The quantitative estimate of drug-likeness (QED) is 0.783. The number of rotatable bonds is 3. The second-order valence-corrected chi connectivity index (χ2v) is 5.90. The Labute approximate surface area is 111 Å². The first kappa shape index (κ1) is 12.6. The van der Waals surface area contributed by atoms with Crippen molar-refractivity contribution in [3.8, 4) is 0 Å². The summed E-state index contributed by atoms with van der Waals surface area (Å²) in [4.78, 5) is 14.2. The Hall–Kier alpha value is -0.870. The lowest BCUT2D eigenvalue weighted by molar-refractivity contribution is -0.129. The van der Waals surface area contributed by atoms with Crippen LogP contribution in [-0.2, 0) is 9.54 Å². The molecule has 1 saturated heterocycles. The highest BCUT2D eigenvalue weighted by atomic mass is 32.2. The molecule has 90 valence electrons. The Kier molecular flexibility index (Phi) is 3.54. The van der Waals surface area contributed by atoms with Gasteiger partial charge in [-0.1, -0.05) is 61.2 Å². The number of nitrogens with zero attached hydrogens (tertiary/aromatic N) is 1. The van der Waals surface area contributed by atoms with Gasteiger partial charge in [0.1, 0.15) is 9.07 Å². The Bertz CT molecular complexity index is 446. The lowest BCUT2D eigenvalue weighted by Gasteiger charge is -2.24. The molecule has 2 rings (SSSR count). The molecule has 0 spiro atoms. The number of benzene rings is 1. The van der Waals surface area contributed by atoms with Gasteiger partial charge >= 0.3 is 0 Å². The van der Waals surface area contributed by atoms with Crippen LogP contribution < -0.4 is 0 Å². The summed E-state index contributed by atoms with van der Waals surface area (Å²) in [5, 5.41) is 0. The van der Waals surface area contributed by atoms with E-state index in [1.807, 2.05) is 44.2 Å². The molecule has 1 heterocycles. The van der Waals surface area contributed by atoms with Crippen molar-refractivity contribution in [1.29, 1.82) is 0 Å². The van der Waals surface area contributed by atoms with Gasteiger partial charge in [0.05, 0.1) is 0 Å². The van der Waals surface area contributed by atoms with E-state index in [0.717, 1.165) is 12.0 Å². The molecule has 0 aliphatic carbocycles. The van der Waals surface area contributed by atoms with E-state index < -0.39 is 4.75 Å². The summed E-state index contributed by atoms with van der Waals surface area (Å²) in [5.74, 6) is 0.128.